The third-order valence-corrected chi connectivity index (χ3v) is 4.25. The number of carbonyl (C=O) groups excluding carboxylic acids is 1. The molecule has 1 aromatic carbocycles. The fraction of sp³-hybridized carbons (Fsp3) is 0.500. The Morgan fingerprint density at radius 1 is 1.25 bits per heavy atom. The quantitative estimate of drug-likeness (QED) is 0.867. The zero-order chi connectivity index (χ0) is 12.8. The minimum Gasteiger partial charge on any atom is -0.454 e. The molecule has 0 radical (unpaired) electrons. The number of benzene rings is 1. The Morgan fingerprint density at radius 2 is 2.10 bits per heavy atom. The van der Waals surface area contributed by atoms with Gasteiger partial charge in [-0.3, -0.25) is 4.79 Å². The lowest BCUT2D eigenvalue weighted by atomic mass is 9.95. The predicted octanol–water partition coefficient (Wildman–Crippen LogP) is 1.46. The van der Waals surface area contributed by atoms with Crippen molar-refractivity contribution in [3.05, 3.63) is 23.8 Å². The van der Waals surface area contributed by atoms with Gasteiger partial charge in [0.25, 0.3) is 5.91 Å². The summed E-state index contributed by atoms with van der Waals surface area (Å²) in [4.78, 5) is 12.2. The third-order valence-electron chi connectivity index (χ3n) is 4.25. The van der Waals surface area contributed by atoms with Crippen LogP contribution in [0.25, 0.3) is 0 Å². The fourth-order valence-electron chi connectivity index (χ4n) is 3.27. The van der Waals surface area contributed by atoms with Gasteiger partial charge in [0.05, 0.1) is 0 Å². The lowest BCUT2D eigenvalue weighted by Crippen LogP contribution is -2.42. The molecule has 108 valence electrons. The Hall–Kier alpha value is -1.46. The van der Waals surface area contributed by atoms with E-state index in [-0.39, 0.29) is 31.1 Å². The Balaban J connectivity index is 0.00000121. The monoisotopic (exact) mass is 296 g/mol. The molecule has 3 heterocycles. The summed E-state index contributed by atoms with van der Waals surface area (Å²) in [6, 6.07) is 6.62. The first-order chi connectivity index (χ1) is 9.29. The lowest BCUT2D eigenvalue weighted by Gasteiger charge is -2.21. The van der Waals surface area contributed by atoms with Crippen LogP contribution in [0, 0.1) is 0 Å². The SMILES string of the molecule is Cl.O=C(N[C@@H]1CC2CCC1N2)c1ccc2c(c1)OCO2. The van der Waals surface area contributed by atoms with E-state index in [1.807, 2.05) is 0 Å². The van der Waals surface area contributed by atoms with E-state index in [1.54, 1.807) is 18.2 Å². The number of rotatable bonds is 2. The molecule has 0 spiro atoms. The molecule has 0 aromatic heterocycles. The van der Waals surface area contributed by atoms with E-state index in [0.29, 0.717) is 29.1 Å². The van der Waals surface area contributed by atoms with Gasteiger partial charge >= 0.3 is 0 Å². The van der Waals surface area contributed by atoms with Crippen molar-refractivity contribution in [1.29, 1.82) is 0 Å². The molecule has 2 unspecified atom stereocenters. The number of hydrogen-bond donors (Lipinski definition) is 2. The smallest absolute Gasteiger partial charge is 0.251 e. The Bertz CT molecular complexity index is 537. The summed E-state index contributed by atoms with van der Waals surface area (Å²) in [5.41, 5.74) is 0.632. The number of amides is 1. The van der Waals surface area contributed by atoms with Crippen LogP contribution in [0.5, 0.6) is 11.5 Å². The van der Waals surface area contributed by atoms with Gasteiger partial charge in [0, 0.05) is 23.7 Å². The van der Waals surface area contributed by atoms with Gasteiger partial charge in [-0.15, -0.1) is 12.4 Å². The maximum absolute atomic E-state index is 12.2. The summed E-state index contributed by atoms with van der Waals surface area (Å²) in [6.07, 6.45) is 3.44. The highest BCUT2D eigenvalue weighted by atomic mass is 35.5. The fourth-order valence-corrected chi connectivity index (χ4v) is 3.27. The van der Waals surface area contributed by atoms with Gasteiger partial charge in [-0.1, -0.05) is 0 Å². The zero-order valence-corrected chi connectivity index (χ0v) is 11.7. The average Bonchev–Trinajstić information content (AvgIpc) is 3.13. The van der Waals surface area contributed by atoms with Crippen molar-refractivity contribution in [2.45, 2.75) is 37.4 Å². The highest BCUT2D eigenvalue weighted by Crippen LogP contribution is 2.33. The predicted molar refractivity (Wildman–Crippen MR) is 75.6 cm³/mol. The van der Waals surface area contributed by atoms with Crippen LogP contribution in [0.2, 0.25) is 0 Å². The molecule has 1 amide bonds. The van der Waals surface area contributed by atoms with Crippen LogP contribution in [-0.2, 0) is 0 Å². The van der Waals surface area contributed by atoms with Crippen molar-refractivity contribution in [2.75, 3.05) is 6.79 Å². The normalized spacial score (nSPS) is 29.1. The van der Waals surface area contributed by atoms with E-state index in [9.17, 15) is 4.79 Å². The van der Waals surface area contributed by atoms with Crippen LogP contribution < -0.4 is 20.1 Å². The van der Waals surface area contributed by atoms with Crippen molar-refractivity contribution >= 4 is 18.3 Å². The molecule has 0 saturated carbocycles. The van der Waals surface area contributed by atoms with Crippen molar-refractivity contribution in [3.63, 3.8) is 0 Å². The first-order valence-corrected chi connectivity index (χ1v) is 6.76. The van der Waals surface area contributed by atoms with Gasteiger partial charge in [-0.05, 0) is 37.5 Å². The van der Waals surface area contributed by atoms with E-state index in [1.165, 1.54) is 6.42 Å². The number of ether oxygens (including phenoxy) is 2. The van der Waals surface area contributed by atoms with Gasteiger partial charge in [0.2, 0.25) is 6.79 Å². The molecule has 2 fully saturated rings. The summed E-state index contributed by atoms with van der Waals surface area (Å²) >= 11 is 0. The second-order valence-corrected chi connectivity index (χ2v) is 5.43. The molecule has 2 saturated heterocycles. The van der Waals surface area contributed by atoms with Crippen molar-refractivity contribution in [3.8, 4) is 11.5 Å². The van der Waals surface area contributed by atoms with E-state index < -0.39 is 0 Å². The van der Waals surface area contributed by atoms with E-state index in [4.69, 9.17) is 9.47 Å². The summed E-state index contributed by atoms with van der Waals surface area (Å²) in [6.45, 7) is 0.233. The van der Waals surface area contributed by atoms with Crippen LogP contribution in [0.3, 0.4) is 0 Å². The molecule has 5 nitrogen and oxygen atoms in total. The Kier molecular flexibility index (Phi) is 3.48. The van der Waals surface area contributed by atoms with Crippen molar-refractivity contribution in [1.82, 2.24) is 10.6 Å². The molecular weight excluding hydrogens is 280 g/mol. The van der Waals surface area contributed by atoms with Crippen LogP contribution in [0.1, 0.15) is 29.6 Å². The van der Waals surface area contributed by atoms with Crippen molar-refractivity contribution in [2.24, 2.45) is 0 Å². The molecule has 20 heavy (non-hydrogen) atoms. The highest BCUT2D eigenvalue weighted by Gasteiger charge is 2.39. The largest absolute Gasteiger partial charge is 0.454 e. The first-order valence-electron chi connectivity index (χ1n) is 6.76. The van der Waals surface area contributed by atoms with Crippen molar-refractivity contribution < 1.29 is 14.3 Å². The topological polar surface area (TPSA) is 59.6 Å². The molecule has 0 aliphatic carbocycles. The molecule has 4 rings (SSSR count). The second kappa shape index (κ2) is 5.14. The second-order valence-electron chi connectivity index (χ2n) is 5.43. The van der Waals surface area contributed by atoms with Gasteiger partial charge in [0.15, 0.2) is 11.5 Å². The van der Waals surface area contributed by atoms with Gasteiger partial charge < -0.3 is 20.1 Å². The maximum atomic E-state index is 12.2. The lowest BCUT2D eigenvalue weighted by molar-refractivity contribution is 0.0930. The number of fused-ring (bicyclic) bond motifs is 3. The summed E-state index contributed by atoms with van der Waals surface area (Å²) in [5.74, 6) is 1.33. The molecule has 3 atom stereocenters. The average molecular weight is 297 g/mol. The van der Waals surface area contributed by atoms with E-state index >= 15 is 0 Å². The van der Waals surface area contributed by atoms with Crippen LogP contribution in [0.15, 0.2) is 18.2 Å². The highest BCUT2D eigenvalue weighted by molar-refractivity contribution is 5.95. The molecule has 6 heteroatoms. The van der Waals surface area contributed by atoms with Gasteiger partial charge in [-0.25, -0.2) is 0 Å². The Labute approximate surface area is 123 Å². The van der Waals surface area contributed by atoms with Gasteiger partial charge in [0.1, 0.15) is 0 Å². The summed E-state index contributed by atoms with van der Waals surface area (Å²) < 4.78 is 10.5. The van der Waals surface area contributed by atoms with Crippen LogP contribution >= 0.6 is 12.4 Å². The minimum absolute atomic E-state index is 0. The van der Waals surface area contributed by atoms with E-state index in [2.05, 4.69) is 10.6 Å². The molecule has 1 aromatic rings. The third kappa shape index (κ3) is 2.21. The minimum atomic E-state index is -0.0300. The number of hydrogen-bond acceptors (Lipinski definition) is 4. The number of halogens is 1. The molecule has 2 N–H and O–H groups in total. The Morgan fingerprint density at radius 3 is 2.85 bits per heavy atom. The number of nitrogens with one attached hydrogen (secondary N) is 2. The first kappa shape index (κ1) is 13.5. The summed E-state index contributed by atoms with van der Waals surface area (Å²) in [5, 5.41) is 6.64. The van der Waals surface area contributed by atoms with Crippen LogP contribution in [-0.4, -0.2) is 30.8 Å². The molecule has 3 aliphatic heterocycles. The van der Waals surface area contributed by atoms with Gasteiger partial charge in [-0.2, -0.15) is 0 Å². The molecular formula is C14H17ClN2O3. The molecule has 2 bridgehead atoms. The van der Waals surface area contributed by atoms with E-state index in [0.717, 1.165) is 12.8 Å². The molecule has 3 aliphatic rings. The summed E-state index contributed by atoms with van der Waals surface area (Å²) in [7, 11) is 0. The van der Waals surface area contributed by atoms with Crippen LogP contribution in [0.4, 0.5) is 0 Å². The zero-order valence-electron chi connectivity index (χ0n) is 10.9. The standard InChI is InChI=1S/C14H16N2O3.ClH/c17-14(16-11-6-9-2-3-10(11)15-9)8-1-4-12-13(5-8)19-7-18-12;/h1,4-5,9-11,15H,2-3,6-7H2,(H,16,17);1H/t9?,10?,11-;/m1./s1. The maximum Gasteiger partial charge on any atom is 0.251 e. The number of carbonyl (C=O) groups is 1.